The summed E-state index contributed by atoms with van der Waals surface area (Å²) in [5.41, 5.74) is 3.92. The van der Waals surface area contributed by atoms with Crippen molar-refractivity contribution < 1.29 is 4.74 Å². The molecule has 0 unspecified atom stereocenters. The maximum atomic E-state index is 5.97. The van der Waals surface area contributed by atoms with Crippen LogP contribution >= 0.6 is 0 Å². The highest BCUT2D eigenvalue weighted by Gasteiger charge is 1.99. The zero-order chi connectivity index (χ0) is 21.3. The molecule has 0 aliphatic carbocycles. The highest BCUT2D eigenvalue weighted by molar-refractivity contribution is 5.50. The molecule has 1 nitrogen and oxygen atoms in total. The smallest absolute Gasteiger partial charge is 0.119 e. The molecular formula is C29H42O. The molecule has 0 fully saturated rings. The summed E-state index contributed by atoms with van der Waals surface area (Å²) in [5.74, 6) is 0.937. The Labute approximate surface area is 185 Å². The first kappa shape index (κ1) is 24.3. The standard InChI is InChI=1S/C29H42O/c1-3-5-7-9-10-12-14-16-27-21-23-29(24-22-27)30-25-28-19-17-26(18-20-28)15-13-11-8-6-4-2/h14,16-24H,3-13,15,25H2,1-2H3/b16-14+. The van der Waals surface area contributed by atoms with Gasteiger partial charge < -0.3 is 4.74 Å². The second-order valence-electron chi connectivity index (χ2n) is 8.44. The summed E-state index contributed by atoms with van der Waals surface area (Å²) in [7, 11) is 0. The average Bonchev–Trinajstić information content (AvgIpc) is 2.78. The van der Waals surface area contributed by atoms with Crippen LogP contribution in [0.4, 0.5) is 0 Å². The van der Waals surface area contributed by atoms with Gasteiger partial charge in [-0.05, 0) is 54.5 Å². The molecule has 0 aliphatic heterocycles. The van der Waals surface area contributed by atoms with Crippen molar-refractivity contribution in [1.82, 2.24) is 0 Å². The van der Waals surface area contributed by atoms with E-state index in [-0.39, 0.29) is 0 Å². The maximum Gasteiger partial charge on any atom is 0.119 e. The lowest BCUT2D eigenvalue weighted by molar-refractivity contribution is 0.306. The molecule has 0 heterocycles. The van der Waals surface area contributed by atoms with Gasteiger partial charge in [-0.15, -0.1) is 0 Å². The lowest BCUT2D eigenvalue weighted by Gasteiger charge is -2.08. The molecule has 30 heavy (non-hydrogen) atoms. The number of benzene rings is 2. The van der Waals surface area contributed by atoms with E-state index in [1.807, 2.05) is 0 Å². The Bertz CT molecular complexity index is 681. The first-order valence-electron chi connectivity index (χ1n) is 12.3. The second kappa shape index (κ2) is 15.8. The van der Waals surface area contributed by atoms with Crippen LogP contribution in [0.5, 0.6) is 5.75 Å². The van der Waals surface area contributed by atoms with Crippen molar-refractivity contribution in [3.8, 4) is 5.75 Å². The van der Waals surface area contributed by atoms with Crippen molar-refractivity contribution in [3.63, 3.8) is 0 Å². The normalized spacial score (nSPS) is 11.3. The Balaban J connectivity index is 1.65. The third-order valence-electron chi connectivity index (χ3n) is 5.66. The van der Waals surface area contributed by atoms with E-state index >= 15 is 0 Å². The van der Waals surface area contributed by atoms with Gasteiger partial charge in [-0.2, -0.15) is 0 Å². The number of aryl methyl sites for hydroxylation is 1. The van der Waals surface area contributed by atoms with Crippen molar-refractivity contribution in [2.24, 2.45) is 0 Å². The Kier molecular flexibility index (Phi) is 12.7. The zero-order valence-corrected chi connectivity index (χ0v) is 19.4. The first-order chi connectivity index (χ1) is 14.8. The fourth-order valence-electron chi connectivity index (χ4n) is 3.66. The lowest BCUT2D eigenvalue weighted by Crippen LogP contribution is -1.96. The molecule has 0 amide bonds. The van der Waals surface area contributed by atoms with E-state index in [0.717, 1.165) is 5.75 Å². The SMILES string of the molecule is CCCCCCC/C=C/c1ccc(OCc2ccc(CCCCCCC)cc2)cc1. The molecule has 2 rings (SSSR count). The van der Waals surface area contributed by atoms with Crippen LogP contribution in [0.25, 0.3) is 6.08 Å². The van der Waals surface area contributed by atoms with Crippen LogP contribution in [-0.4, -0.2) is 0 Å². The summed E-state index contributed by atoms with van der Waals surface area (Å²) < 4.78 is 5.97. The van der Waals surface area contributed by atoms with Gasteiger partial charge in [0.05, 0.1) is 0 Å². The number of allylic oxidation sites excluding steroid dienone is 1. The largest absolute Gasteiger partial charge is 0.489 e. The minimum Gasteiger partial charge on any atom is -0.489 e. The molecule has 0 bridgehead atoms. The third kappa shape index (κ3) is 10.7. The molecule has 2 aromatic carbocycles. The molecule has 0 atom stereocenters. The van der Waals surface area contributed by atoms with Gasteiger partial charge in [-0.1, -0.05) is 114 Å². The van der Waals surface area contributed by atoms with Crippen LogP contribution in [-0.2, 0) is 13.0 Å². The van der Waals surface area contributed by atoms with E-state index in [1.165, 1.54) is 93.7 Å². The van der Waals surface area contributed by atoms with Crippen LogP contribution in [0.3, 0.4) is 0 Å². The highest BCUT2D eigenvalue weighted by atomic mass is 16.5. The Hall–Kier alpha value is -2.02. The number of unbranched alkanes of at least 4 members (excludes halogenated alkanes) is 9. The fourth-order valence-corrected chi connectivity index (χ4v) is 3.66. The second-order valence-corrected chi connectivity index (χ2v) is 8.44. The number of ether oxygens (including phenoxy) is 1. The monoisotopic (exact) mass is 406 g/mol. The zero-order valence-electron chi connectivity index (χ0n) is 19.4. The van der Waals surface area contributed by atoms with Crippen molar-refractivity contribution in [2.45, 2.75) is 97.5 Å². The number of hydrogen-bond donors (Lipinski definition) is 0. The summed E-state index contributed by atoms with van der Waals surface area (Å²) in [6.45, 7) is 5.16. The van der Waals surface area contributed by atoms with Gasteiger partial charge in [0.25, 0.3) is 0 Å². The lowest BCUT2D eigenvalue weighted by atomic mass is 10.0. The van der Waals surface area contributed by atoms with Gasteiger partial charge in [-0.3, -0.25) is 0 Å². The molecule has 0 saturated carbocycles. The third-order valence-corrected chi connectivity index (χ3v) is 5.66. The van der Waals surface area contributed by atoms with E-state index in [1.54, 1.807) is 0 Å². The van der Waals surface area contributed by atoms with Gasteiger partial charge in [0.15, 0.2) is 0 Å². The van der Waals surface area contributed by atoms with E-state index in [2.05, 4.69) is 74.5 Å². The minimum atomic E-state index is 0.629. The topological polar surface area (TPSA) is 9.23 Å². The molecule has 0 aromatic heterocycles. The summed E-state index contributed by atoms with van der Waals surface area (Å²) >= 11 is 0. The molecule has 0 aliphatic rings. The summed E-state index contributed by atoms with van der Waals surface area (Å²) in [5, 5.41) is 0. The van der Waals surface area contributed by atoms with Gasteiger partial charge >= 0.3 is 0 Å². The van der Waals surface area contributed by atoms with Gasteiger partial charge in [0.2, 0.25) is 0 Å². The van der Waals surface area contributed by atoms with Crippen LogP contribution in [0.2, 0.25) is 0 Å². The van der Waals surface area contributed by atoms with E-state index in [4.69, 9.17) is 4.74 Å². The predicted molar refractivity (Wildman–Crippen MR) is 132 cm³/mol. The highest BCUT2D eigenvalue weighted by Crippen LogP contribution is 2.17. The first-order valence-corrected chi connectivity index (χ1v) is 12.3. The molecule has 0 saturated heterocycles. The average molecular weight is 407 g/mol. The molecule has 164 valence electrons. The van der Waals surface area contributed by atoms with Crippen LogP contribution in [0.1, 0.15) is 101 Å². The molecule has 2 aromatic rings. The van der Waals surface area contributed by atoms with E-state index in [9.17, 15) is 0 Å². The molecule has 0 N–H and O–H groups in total. The van der Waals surface area contributed by atoms with Gasteiger partial charge in [-0.25, -0.2) is 0 Å². The van der Waals surface area contributed by atoms with Gasteiger partial charge in [0, 0.05) is 0 Å². The molecule has 1 heteroatoms. The van der Waals surface area contributed by atoms with Crippen molar-refractivity contribution >= 4 is 6.08 Å². The summed E-state index contributed by atoms with van der Waals surface area (Å²) in [6.07, 6.45) is 20.3. The molecule has 0 radical (unpaired) electrons. The summed E-state index contributed by atoms with van der Waals surface area (Å²) in [4.78, 5) is 0. The Morgan fingerprint density at radius 1 is 0.633 bits per heavy atom. The quantitative estimate of drug-likeness (QED) is 0.252. The van der Waals surface area contributed by atoms with E-state index < -0.39 is 0 Å². The van der Waals surface area contributed by atoms with Crippen LogP contribution < -0.4 is 4.74 Å². The predicted octanol–water partition coefficient (Wildman–Crippen LogP) is 9.15. The number of rotatable bonds is 16. The molecular weight excluding hydrogens is 364 g/mol. The Morgan fingerprint density at radius 2 is 1.23 bits per heavy atom. The summed E-state index contributed by atoms with van der Waals surface area (Å²) in [6, 6.07) is 17.4. The van der Waals surface area contributed by atoms with Crippen molar-refractivity contribution in [3.05, 3.63) is 71.3 Å². The van der Waals surface area contributed by atoms with Crippen molar-refractivity contribution in [1.29, 1.82) is 0 Å². The minimum absolute atomic E-state index is 0.629. The van der Waals surface area contributed by atoms with Gasteiger partial charge in [0.1, 0.15) is 12.4 Å². The maximum absolute atomic E-state index is 5.97. The van der Waals surface area contributed by atoms with E-state index in [0.29, 0.717) is 6.61 Å². The molecule has 0 spiro atoms. The van der Waals surface area contributed by atoms with Crippen LogP contribution in [0.15, 0.2) is 54.6 Å². The fraction of sp³-hybridized carbons (Fsp3) is 0.517. The number of hydrogen-bond acceptors (Lipinski definition) is 1. The Morgan fingerprint density at radius 3 is 1.90 bits per heavy atom. The van der Waals surface area contributed by atoms with Crippen LogP contribution in [0, 0.1) is 0 Å². The van der Waals surface area contributed by atoms with Crippen molar-refractivity contribution in [2.75, 3.05) is 0 Å².